The van der Waals surface area contributed by atoms with Gasteiger partial charge in [0, 0.05) is 4.47 Å². The van der Waals surface area contributed by atoms with Crippen LogP contribution < -0.4 is 14.3 Å². The van der Waals surface area contributed by atoms with E-state index in [4.69, 9.17) is 15.9 Å². The highest BCUT2D eigenvalue weighted by Gasteiger charge is 2.14. The summed E-state index contributed by atoms with van der Waals surface area (Å²) in [6, 6.07) is 10.9. The Kier molecular flexibility index (Phi) is 5.45. The van der Waals surface area contributed by atoms with Crippen LogP contribution in [0.4, 0.5) is 0 Å². The summed E-state index contributed by atoms with van der Waals surface area (Å²) < 4.78 is 14.3. The highest BCUT2D eigenvalue weighted by atomic mass is 79.9. The molecule has 0 saturated carbocycles. The van der Waals surface area contributed by atoms with Gasteiger partial charge in [-0.2, -0.15) is 4.99 Å². The maximum Gasteiger partial charge on any atom is 0.283 e. The third kappa shape index (κ3) is 3.52. The van der Waals surface area contributed by atoms with Gasteiger partial charge in [0.25, 0.3) is 5.91 Å². The number of carbonyl (C=O) groups is 1. The predicted octanol–water partition coefficient (Wildman–Crippen LogP) is 3.86. The van der Waals surface area contributed by atoms with Crippen LogP contribution in [0.25, 0.3) is 10.2 Å². The molecule has 3 aromatic rings. The summed E-state index contributed by atoms with van der Waals surface area (Å²) in [6.07, 6.45) is 5.50. The molecule has 0 atom stereocenters. The number of benzene rings is 2. The van der Waals surface area contributed by atoms with E-state index < -0.39 is 5.91 Å². The number of methoxy groups -OCH3 is 2. The Balaban J connectivity index is 2.17. The number of hydrogen-bond acceptors (Lipinski definition) is 4. The van der Waals surface area contributed by atoms with Crippen molar-refractivity contribution in [1.29, 1.82) is 0 Å². The van der Waals surface area contributed by atoms with Crippen LogP contribution in [0.1, 0.15) is 10.4 Å². The van der Waals surface area contributed by atoms with E-state index in [9.17, 15) is 4.79 Å². The fraction of sp³-hybridized carbons (Fsp3) is 0.158. The fourth-order valence-corrected chi connectivity index (χ4v) is 4.08. The number of carbonyl (C=O) groups excluding carboxylic acids is 1. The minimum absolute atomic E-state index is 0.322. The quantitative estimate of drug-likeness (QED) is 0.590. The van der Waals surface area contributed by atoms with E-state index in [1.807, 2.05) is 22.8 Å². The first-order valence-corrected chi connectivity index (χ1v) is 9.21. The number of aromatic nitrogens is 1. The average molecular weight is 431 g/mol. The van der Waals surface area contributed by atoms with Gasteiger partial charge in [0.2, 0.25) is 0 Å². The Bertz CT molecular complexity index is 1090. The summed E-state index contributed by atoms with van der Waals surface area (Å²) in [5, 5.41) is 0. The second-order valence-corrected chi connectivity index (χ2v) is 7.19. The third-order valence-corrected chi connectivity index (χ3v) is 5.26. The van der Waals surface area contributed by atoms with E-state index in [0.29, 0.717) is 28.4 Å². The van der Waals surface area contributed by atoms with E-state index in [1.165, 1.54) is 25.6 Å². The average Bonchev–Trinajstić information content (AvgIpc) is 2.97. The van der Waals surface area contributed by atoms with Gasteiger partial charge in [0.1, 0.15) is 11.5 Å². The molecule has 26 heavy (non-hydrogen) atoms. The van der Waals surface area contributed by atoms with E-state index in [1.54, 1.807) is 18.2 Å². The molecular weight excluding hydrogens is 416 g/mol. The van der Waals surface area contributed by atoms with Gasteiger partial charge in [0.05, 0.1) is 36.5 Å². The van der Waals surface area contributed by atoms with Gasteiger partial charge in [-0.1, -0.05) is 33.2 Å². The standard InChI is InChI=1S/C19H15BrN2O3S/c1-4-9-22-15-7-5-12(20)10-17(15)26-19(22)21-18(23)14-11-13(24-2)6-8-16(14)25-3/h1,5-8,10-11H,9H2,2-3H3. The molecule has 0 N–H and O–H groups in total. The van der Waals surface area contributed by atoms with Gasteiger partial charge in [-0.15, -0.1) is 6.42 Å². The zero-order chi connectivity index (χ0) is 18.7. The Morgan fingerprint density at radius 2 is 2.08 bits per heavy atom. The Morgan fingerprint density at radius 3 is 2.77 bits per heavy atom. The summed E-state index contributed by atoms with van der Waals surface area (Å²) >= 11 is 4.86. The second-order valence-electron chi connectivity index (χ2n) is 5.27. The minimum Gasteiger partial charge on any atom is -0.497 e. The van der Waals surface area contributed by atoms with Crippen LogP contribution in [0, 0.1) is 12.3 Å². The van der Waals surface area contributed by atoms with Crippen molar-refractivity contribution in [2.75, 3.05) is 14.2 Å². The SMILES string of the molecule is C#CCn1c(=NC(=O)c2cc(OC)ccc2OC)sc2cc(Br)ccc21. The summed E-state index contributed by atoms with van der Waals surface area (Å²) in [7, 11) is 3.05. The number of amides is 1. The Labute approximate surface area is 163 Å². The first-order chi connectivity index (χ1) is 12.6. The number of thiazole rings is 1. The third-order valence-electron chi connectivity index (χ3n) is 3.73. The molecular formula is C19H15BrN2O3S. The highest BCUT2D eigenvalue weighted by Crippen LogP contribution is 2.25. The summed E-state index contributed by atoms with van der Waals surface area (Å²) in [6.45, 7) is 0.322. The van der Waals surface area contributed by atoms with Crippen molar-refractivity contribution in [3.05, 3.63) is 51.2 Å². The van der Waals surface area contributed by atoms with Crippen molar-refractivity contribution < 1.29 is 14.3 Å². The fourth-order valence-electron chi connectivity index (χ4n) is 2.50. The number of terminal acetylenes is 1. The van der Waals surface area contributed by atoms with Crippen molar-refractivity contribution in [1.82, 2.24) is 4.57 Å². The van der Waals surface area contributed by atoms with Crippen molar-refractivity contribution >= 4 is 43.4 Å². The first-order valence-electron chi connectivity index (χ1n) is 7.61. The lowest BCUT2D eigenvalue weighted by molar-refractivity contribution is 0.0994. The minimum atomic E-state index is -0.419. The lowest BCUT2D eigenvalue weighted by Gasteiger charge is -2.07. The molecule has 3 rings (SSSR count). The molecule has 0 radical (unpaired) electrons. The molecule has 0 saturated heterocycles. The summed E-state index contributed by atoms with van der Waals surface area (Å²) in [4.78, 5) is 17.6. The van der Waals surface area contributed by atoms with Crippen molar-refractivity contribution in [2.24, 2.45) is 4.99 Å². The molecule has 7 heteroatoms. The van der Waals surface area contributed by atoms with Crippen LogP contribution in [0.3, 0.4) is 0 Å². The molecule has 1 aromatic heterocycles. The topological polar surface area (TPSA) is 52.8 Å². The molecule has 0 aliphatic rings. The lowest BCUT2D eigenvalue weighted by Crippen LogP contribution is -2.16. The molecule has 0 bridgehead atoms. The molecule has 1 amide bonds. The Hall–Kier alpha value is -2.56. The largest absolute Gasteiger partial charge is 0.497 e. The van der Waals surface area contributed by atoms with Crippen LogP contribution in [0.5, 0.6) is 11.5 Å². The van der Waals surface area contributed by atoms with Crippen LogP contribution in [0.2, 0.25) is 0 Å². The maximum absolute atomic E-state index is 12.8. The number of nitrogens with zero attached hydrogens (tertiary/aromatic N) is 2. The van der Waals surface area contributed by atoms with E-state index in [2.05, 4.69) is 26.8 Å². The maximum atomic E-state index is 12.8. The summed E-state index contributed by atoms with van der Waals surface area (Å²) in [5.41, 5.74) is 1.26. The number of hydrogen-bond donors (Lipinski definition) is 0. The van der Waals surface area contributed by atoms with Crippen LogP contribution in [-0.4, -0.2) is 24.7 Å². The highest BCUT2D eigenvalue weighted by molar-refractivity contribution is 9.10. The van der Waals surface area contributed by atoms with Crippen molar-refractivity contribution in [3.8, 4) is 23.8 Å². The van der Waals surface area contributed by atoms with Crippen LogP contribution in [-0.2, 0) is 6.54 Å². The van der Waals surface area contributed by atoms with Crippen LogP contribution in [0.15, 0.2) is 45.9 Å². The van der Waals surface area contributed by atoms with E-state index in [0.717, 1.165) is 14.7 Å². The second kappa shape index (κ2) is 7.77. The van der Waals surface area contributed by atoms with E-state index in [-0.39, 0.29) is 0 Å². The predicted molar refractivity (Wildman–Crippen MR) is 106 cm³/mol. The van der Waals surface area contributed by atoms with Gasteiger partial charge in [-0.3, -0.25) is 4.79 Å². The molecule has 0 aliphatic carbocycles. The number of fused-ring (bicyclic) bond motifs is 1. The first kappa shape index (κ1) is 18.2. The van der Waals surface area contributed by atoms with Gasteiger partial charge in [-0.25, -0.2) is 0 Å². The van der Waals surface area contributed by atoms with Crippen molar-refractivity contribution in [3.63, 3.8) is 0 Å². The molecule has 0 unspecified atom stereocenters. The molecule has 0 fully saturated rings. The Morgan fingerprint density at radius 1 is 1.27 bits per heavy atom. The molecule has 132 valence electrons. The van der Waals surface area contributed by atoms with Gasteiger partial charge >= 0.3 is 0 Å². The number of halogens is 1. The lowest BCUT2D eigenvalue weighted by atomic mass is 10.2. The zero-order valence-electron chi connectivity index (χ0n) is 14.2. The van der Waals surface area contributed by atoms with Gasteiger partial charge < -0.3 is 14.0 Å². The van der Waals surface area contributed by atoms with Crippen molar-refractivity contribution in [2.45, 2.75) is 6.54 Å². The van der Waals surface area contributed by atoms with Gasteiger partial charge in [-0.05, 0) is 36.4 Å². The molecule has 0 spiro atoms. The number of rotatable bonds is 4. The monoisotopic (exact) mass is 430 g/mol. The zero-order valence-corrected chi connectivity index (χ0v) is 16.6. The van der Waals surface area contributed by atoms with Gasteiger partial charge in [0.15, 0.2) is 4.80 Å². The molecule has 1 heterocycles. The normalized spacial score (nSPS) is 11.4. The summed E-state index contributed by atoms with van der Waals surface area (Å²) in [5.74, 6) is 3.19. The molecule has 5 nitrogen and oxygen atoms in total. The van der Waals surface area contributed by atoms with E-state index >= 15 is 0 Å². The molecule has 2 aromatic carbocycles. The molecule has 0 aliphatic heterocycles. The smallest absolute Gasteiger partial charge is 0.283 e. The number of ether oxygens (including phenoxy) is 2. The van der Waals surface area contributed by atoms with Crippen LogP contribution >= 0.6 is 27.3 Å².